The molecule has 1 fully saturated rings. The Labute approximate surface area is 160 Å². The molecular formula is C21H27N3O3. The molecule has 0 aliphatic carbocycles. The molecule has 6 heteroatoms. The Morgan fingerprint density at radius 3 is 2.44 bits per heavy atom. The van der Waals surface area contributed by atoms with E-state index in [1.54, 1.807) is 0 Å². The lowest BCUT2D eigenvalue weighted by Crippen LogP contribution is -2.52. The molecule has 0 amide bonds. The van der Waals surface area contributed by atoms with Crippen molar-refractivity contribution in [1.29, 1.82) is 0 Å². The molecular weight excluding hydrogens is 342 g/mol. The van der Waals surface area contributed by atoms with Gasteiger partial charge in [0.1, 0.15) is 5.75 Å². The van der Waals surface area contributed by atoms with E-state index in [0.29, 0.717) is 19.4 Å². The summed E-state index contributed by atoms with van der Waals surface area (Å²) in [5.41, 5.74) is 1.19. The average molecular weight is 369 g/mol. The van der Waals surface area contributed by atoms with Gasteiger partial charge in [0.15, 0.2) is 6.23 Å². The number of pyridine rings is 1. The number of para-hydroxylation sites is 1. The third-order valence-corrected chi connectivity index (χ3v) is 4.67. The fourth-order valence-corrected chi connectivity index (χ4v) is 3.27. The highest BCUT2D eigenvalue weighted by Gasteiger charge is 2.26. The number of rotatable bonds is 8. The summed E-state index contributed by atoms with van der Waals surface area (Å²) in [6, 6.07) is 13.9. The Morgan fingerprint density at radius 2 is 1.78 bits per heavy atom. The maximum atomic E-state index is 11.8. The molecule has 0 spiro atoms. The first-order valence-corrected chi connectivity index (χ1v) is 9.52. The van der Waals surface area contributed by atoms with Crippen LogP contribution in [0.4, 0.5) is 5.69 Å². The van der Waals surface area contributed by atoms with Crippen LogP contribution in [0.2, 0.25) is 0 Å². The SMILES string of the molecule is CCOC(=O)CCC(Oc1ccccc1)N1CCN(c2ccncc2)CC1. The standard InChI is InChI=1S/C21H27N3O3/c1-2-26-21(25)9-8-20(27-19-6-4-3-5-7-19)24-16-14-23(15-17-24)18-10-12-22-13-11-18/h3-7,10-13,20H,2,8-9,14-17H2,1H3. The first-order chi connectivity index (χ1) is 13.3. The summed E-state index contributed by atoms with van der Waals surface area (Å²) in [5.74, 6) is 0.650. The molecule has 1 aromatic heterocycles. The van der Waals surface area contributed by atoms with Crippen LogP contribution in [-0.4, -0.2) is 54.9 Å². The van der Waals surface area contributed by atoms with Gasteiger partial charge < -0.3 is 14.4 Å². The lowest BCUT2D eigenvalue weighted by molar-refractivity contribution is -0.144. The lowest BCUT2D eigenvalue weighted by atomic mass is 10.2. The normalized spacial score (nSPS) is 16.0. The molecule has 0 N–H and O–H groups in total. The monoisotopic (exact) mass is 369 g/mol. The molecule has 1 aliphatic heterocycles. The van der Waals surface area contributed by atoms with Crippen molar-refractivity contribution in [3.63, 3.8) is 0 Å². The van der Waals surface area contributed by atoms with E-state index in [4.69, 9.17) is 9.47 Å². The number of esters is 1. The molecule has 2 aromatic rings. The number of carbonyl (C=O) groups is 1. The Bertz CT molecular complexity index is 688. The van der Waals surface area contributed by atoms with Crippen LogP contribution in [0.1, 0.15) is 19.8 Å². The maximum absolute atomic E-state index is 11.8. The van der Waals surface area contributed by atoms with E-state index in [-0.39, 0.29) is 12.2 Å². The lowest BCUT2D eigenvalue weighted by Gasteiger charge is -2.40. The molecule has 1 aliphatic rings. The van der Waals surface area contributed by atoms with Crippen LogP contribution in [0, 0.1) is 0 Å². The molecule has 1 aromatic carbocycles. The van der Waals surface area contributed by atoms with Gasteiger partial charge in [-0.15, -0.1) is 0 Å². The van der Waals surface area contributed by atoms with Crippen molar-refractivity contribution in [2.24, 2.45) is 0 Å². The molecule has 0 bridgehead atoms. The molecule has 0 radical (unpaired) electrons. The van der Waals surface area contributed by atoms with E-state index in [0.717, 1.165) is 31.9 Å². The van der Waals surface area contributed by atoms with Gasteiger partial charge in [-0.2, -0.15) is 0 Å². The number of benzene rings is 1. The molecule has 1 unspecified atom stereocenters. The fourth-order valence-electron chi connectivity index (χ4n) is 3.27. The van der Waals surface area contributed by atoms with E-state index in [1.165, 1.54) is 5.69 Å². The van der Waals surface area contributed by atoms with Crippen LogP contribution in [0.15, 0.2) is 54.9 Å². The summed E-state index contributed by atoms with van der Waals surface area (Å²) in [6.07, 6.45) is 4.47. The number of hydrogen-bond acceptors (Lipinski definition) is 6. The van der Waals surface area contributed by atoms with E-state index < -0.39 is 0 Å². The predicted molar refractivity (Wildman–Crippen MR) is 105 cm³/mol. The topological polar surface area (TPSA) is 54.9 Å². The summed E-state index contributed by atoms with van der Waals surface area (Å²) < 4.78 is 11.3. The van der Waals surface area contributed by atoms with Crippen LogP contribution in [0.3, 0.4) is 0 Å². The zero-order valence-electron chi connectivity index (χ0n) is 15.8. The largest absolute Gasteiger partial charge is 0.475 e. The van der Waals surface area contributed by atoms with Crippen molar-refractivity contribution >= 4 is 11.7 Å². The van der Waals surface area contributed by atoms with Crippen molar-refractivity contribution in [3.05, 3.63) is 54.9 Å². The van der Waals surface area contributed by atoms with Gasteiger partial charge in [-0.05, 0) is 31.2 Å². The van der Waals surface area contributed by atoms with Crippen molar-refractivity contribution < 1.29 is 14.3 Å². The minimum absolute atomic E-state index is 0.142. The van der Waals surface area contributed by atoms with Gasteiger partial charge in [0.05, 0.1) is 13.0 Å². The number of ether oxygens (including phenoxy) is 2. The second kappa shape index (κ2) is 9.92. The van der Waals surface area contributed by atoms with Crippen LogP contribution < -0.4 is 9.64 Å². The van der Waals surface area contributed by atoms with Gasteiger partial charge in [-0.25, -0.2) is 0 Å². The van der Waals surface area contributed by atoms with Gasteiger partial charge in [0, 0.05) is 50.7 Å². The summed E-state index contributed by atoms with van der Waals surface area (Å²) in [6.45, 7) is 5.82. The highest BCUT2D eigenvalue weighted by atomic mass is 16.5. The third kappa shape index (κ3) is 5.69. The number of anilines is 1. The smallest absolute Gasteiger partial charge is 0.305 e. The highest BCUT2D eigenvalue weighted by molar-refractivity contribution is 5.69. The van der Waals surface area contributed by atoms with Crippen molar-refractivity contribution in [2.75, 3.05) is 37.7 Å². The average Bonchev–Trinajstić information content (AvgIpc) is 2.73. The number of piperazine rings is 1. The second-order valence-corrected chi connectivity index (χ2v) is 6.46. The first kappa shape index (κ1) is 19.2. The van der Waals surface area contributed by atoms with Gasteiger partial charge in [-0.3, -0.25) is 14.7 Å². The van der Waals surface area contributed by atoms with Crippen LogP contribution in [0.5, 0.6) is 5.75 Å². The Morgan fingerprint density at radius 1 is 1.07 bits per heavy atom. The van der Waals surface area contributed by atoms with Crippen LogP contribution in [0.25, 0.3) is 0 Å². The Hall–Kier alpha value is -2.60. The van der Waals surface area contributed by atoms with E-state index in [2.05, 4.69) is 14.8 Å². The zero-order valence-corrected chi connectivity index (χ0v) is 15.8. The van der Waals surface area contributed by atoms with Crippen molar-refractivity contribution in [2.45, 2.75) is 26.0 Å². The van der Waals surface area contributed by atoms with Gasteiger partial charge in [0.2, 0.25) is 0 Å². The molecule has 144 valence electrons. The molecule has 1 saturated heterocycles. The number of nitrogens with zero attached hydrogens (tertiary/aromatic N) is 3. The van der Waals surface area contributed by atoms with Crippen molar-refractivity contribution in [3.8, 4) is 5.75 Å². The third-order valence-electron chi connectivity index (χ3n) is 4.67. The Balaban J connectivity index is 1.61. The molecule has 0 saturated carbocycles. The molecule has 6 nitrogen and oxygen atoms in total. The minimum atomic E-state index is -0.172. The summed E-state index contributed by atoms with van der Waals surface area (Å²) in [4.78, 5) is 20.6. The van der Waals surface area contributed by atoms with E-state index in [1.807, 2.05) is 61.8 Å². The predicted octanol–water partition coefficient (Wildman–Crippen LogP) is 2.95. The van der Waals surface area contributed by atoms with E-state index >= 15 is 0 Å². The second-order valence-electron chi connectivity index (χ2n) is 6.46. The van der Waals surface area contributed by atoms with E-state index in [9.17, 15) is 4.79 Å². The fraction of sp³-hybridized carbons (Fsp3) is 0.429. The quantitative estimate of drug-likeness (QED) is 0.667. The summed E-state index contributed by atoms with van der Waals surface area (Å²) >= 11 is 0. The van der Waals surface area contributed by atoms with Gasteiger partial charge in [0.25, 0.3) is 0 Å². The summed E-state index contributed by atoms with van der Waals surface area (Å²) in [7, 11) is 0. The summed E-state index contributed by atoms with van der Waals surface area (Å²) in [5, 5.41) is 0. The molecule has 3 rings (SSSR count). The highest BCUT2D eigenvalue weighted by Crippen LogP contribution is 2.20. The minimum Gasteiger partial charge on any atom is -0.475 e. The Kier molecular flexibility index (Phi) is 7.04. The van der Waals surface area contributed by atoms with Gasteiger partial charge in [-0.1, -0.05) is 18.2 Å². The van der Waals surface area contributed by atoms with Crippen molar-refractivity contribution in [1.82, 2.24) is 9.88 Å². The zero-order chi connectivity index (χ0) is 18.9. The van der Waals surface area contributed by atoms with Crippen LogP contribution >= 0.6 is 0 Å². The maximum Gasteiger partial charge on any atom is 0.305 e. The number of aromatic nitrogens is 1. The number of hydrogen-bond donors (Lipinski definition) is 0. The molecule has 2 heterocycles. The van der Waals surface area contributed by atoms with Crippen LogP contribution in [-0.2, 0) is 9.53 Å². The molecule has 1 atom stereocenters. The number of carbonyl (C=O) groups excluding carboxylic acids is 1. The van der Waals surface area contributed by atoms with Gasteiger partial charge >= 0.3 is 5.97 Å². The first-order valence-electron chi connectivity index (χ1n) is 9.52. The molecule has 27 heavy (non-hydrogen) atoms.